The average molecular weight is 461 g/mol. The van der Waals surface area contributed by atoms with E-state index < -0.39 is 6.25 Å². The van der Waals surface area contributed by atoms with Gasteiger partial charge in [0, 0.05) is 0 Å². The first-order valence-electron chi connectivity index (χ1n) is 2.54. The second kappa shape index (κ2) is 10.00. The van der Waals surface area contributed by atoms with E-state index in [1.54, 1.807) is 0 Å². The zero-order valence-corrected chi connectivity index (χ0v) is 16.4. The normalized spacial score (nSPS) is 13.2. The highest BCUT2D eigenvalue weighted by Crippen LogP contribution is 2.61. The molecule has 0 saturated heterocycles. The number of hydrogen-bond acceptors (Lipinski definition) is 7. The Morgan fingerprint density at radius 1 is 0.467 bits per heavy atom. The molecular formula is C2Cl6S7. The molecule has 0 aromatic rings. The highest BCUT2D eigenvalue weighted by Gasteiger charge is 2.22. The van der Waals surface area contributed by atoms with Crippen LogP contribution in [0.4, 0.5) is 0 Å². The van der Waals surface area contributed by atoms with Crippen molar-refractivity contribution in [2.75, 3.05) is 0 Å². The summed E-state index contributed by atoms with van der Waals surface area (Å²) in [7, 11) is 9.49. The van der Waals surface area contributed by atoms with E-state index >= 15 is 0 Å². The predicted octanol–water partition coefficient (Wildman–Crippen LogP) is 8.26. The van der Waals surface area contributed by atoms with Crippen molar-refractivity contribution in [1.82, 2.24) is 0 Å². The van der Waals surface area contributed by atoms with E-state index in [1.165, 1.54) is 49.1 Å². The zero-order chi connectivity index (χ0) is 11.9. The Balaban J connectivity index is 3.20. The lowest BCUT2D eigenvalue weighted by atomic mass is 11.8. The van der Waals surface area contributed by atoms with Crippen molar-refractivity contribution in [3.05, 3.63) is 0 Å². The summed E-state index contributed by atoms with van der Waals surface area (Å²) in [6.07, 6.45) is 0. The van der Waals surface area contributed by atoms with E-state index in [2.05, 4.69) is 0 Å². The lowest BCUT2D eigenvalue weighted by Gasteiger charge is -2.08. The SMILES string of the molecule is ClC(Cl)(Cl)SSSSSSSC(Cl)(Cl)Cl. The molecule has 0 aromatic carbocycles. The second-order valence-corrected chi connectivity index (χ2v) is 18.7. The summed E-state index contributed by atoms with van der Waals surface area (Å²) in [5.41, 5.74) is 0. The molecule has 0 rings (SSSR count). The molecular weight excluding hydrogens is 461 g/mol. The highest BCUT2D eigenvalue weighted by atomic mass is 35.6. The lowest BCUT2D eigenvalue weighted by molar-refractivity contribution is 1.81. The summed E-state index contributed by atoms with van der Waals surface area (Å²) in [4.78, 5) is 0. The standard InChI is InChI=1S/C2Cl6S7/c3-1(4,5)9-11-13-15-14-12-10-2(6,7)8. The maximum atomic E-state index is 5.52. The quantitative estimate of drug-likeness (QED) is 0.219. The maximum Gasteiger partial charge on any atom is 0.248 e. The average Bonchev–Trinajstić information content (AvgIpc) is 1.98. The Bertz CT molecular complexity index is 146. The molecule has 0 fully saturated rings. The first kappa shape index (κ1) is 19.2. The van der Waals surface area contributed by atoms with Gasteiger partial charge in [-0.15, -0.1) is 0 Å². The highest BCUT2D eigenvalue weighted by molar-refractivity contribution is 9.46. The van der Waals surface area contributed by atoms with Gasteiger partial charge in [0.2, 0.25) is 6.25 Å². The summed E-state index contributed by atoms with van der Waals surface area (Å²) in [5.74, 6) is 0. The van der Waals surface area contributed by atoms with Crippen LogP contribution in [0.5, 0.6) is 0 Å². The first-order chi connectivity index (χ1) is 6.71. The number of rotatable bonds is 6. The van der Waals surface area contributed by atoms with Crippen LogP contribution in [0.1, 0.15) is 0 Å². The second-order valence-electron chi connectivity index (χ2n) is 1.40. The van der Waals surface area contributed by atoms with Gasteiger partial charge in [-0.2, -0.15) is 0 Å². The molecule has 0 N–H and O–H groups in total. The van der Waals surface area contributed by atoms with E-state index in [-0.39, 0.29) is 0 Å². The van der Waals surface area contributed by atoms with Crippen molar-refractivity contribution in [1.29, 1.82) is 0 Å². The van der Waals surface area contributed by atoms with Gasteiger partial charge in [0.25, 0.3) is 0 Å². The molecule has 0 amide bonds. The van der Waals surface area contributed by atoms with E-state index in [0.29, 0.717) is 0 Å². The Hall–Kier alpha value is 4.19. The summed E-state index contributed by atoms with van der Waals surface area (Å²) in [6, 6.07) is 0. The van der Waals surface area contributed by atoms with Gasteiger partial charge in [-0.25, -0.2) is 0 Å². The minimum atomic E-state index is -1.29. The molecule has 0 saturated carbocycles. The fourth-order valence-electron chi connectivity index (χ4n) is 0.139. The van der Waals surface area contributed by atoms with Gasteiger partial charge < -0.3 is 0 Å². The monoisotopic (exact) mass is 458 g/mol. The lowest BCUT2D eigenvalue weighted by Crippen LogP contribution is -1.87. The van der Waals surface area contributed by atoms with Crippen LogP contribution in [0.15, 0.2) is 0 Å². The minimum Gasteiger partial charge on any atom is -0.0709 e. The van der Waals surface area contributed by atoms with Crippen molar-refractivity contribution >= 4 is 140 Å². The minimum absolute atomic E-state index is 1.14. The fourth-order valence-corrected chi connectivity index (χ4v) is 16.8. The van der Waals surface area contributed by atoms with Crippen LogP contribution in [0, 0.1) is 0 Å². The van der Waals surface area contributed by atoms with Crippen LogP contribution in [-0.2, 0) is 0 Å². The van der Waals surface area contributed by atoms with Crippen molar-refractivity contribution in [2.24, 2.45) is 0 Å². The molecule has 0 aliphatic carbocycles. The van der Waals surface area contributed by atoms with Crippen LogP contribution >= 0.6 is 140 Å². The van der Waals surface area contributed by atoms with E-state index in [1.807, 2.05) is 0 Å². The van der Waals surface area contributed by atoms with Crippen LogP contribution in [0.3, 0.4) is 0 Å². The van der Waals surface area contributed by atoms with Gasteiger partial charge in [-0.1, -0.05) is 69.6 Å². The molecule has 0 unspecified atom stereocenters. The molecule has 0 nitrogen and oxygen atoms in total. The maximum absolute atomic E-state index is 5.52. The molecule has 0 spiro atoms. The van der Waals surface area contributed by atoms with Gasteiger partial charge in [-0.3, -0.25) is 0 Å². The Labute approximate surface area is 144 Å². The van der Waals surface area contributed by atoms with Gasteiger partial charge in [0.15, 0.2) is 0 Å². The first-order valence-corrected chi connectivity index (χ1v) is 13.6. The van der Waals surface area contributed by atoms with Crippen LogP contribution < -0.4 is 0 Å². The summed E-state index contributed by atoms with van der Waals surface area (Å²) in [6.45, 7) is 0. The van der Waals surface area contributed by atoms with E-state index in [4.69, 9.17) is 69.6 Å². The third-order valence-corrected chi connectivity index (χ3v) is 15.9. The Morgan fingerprint density at radius 3 is 1.00 bits per heavy atom. The van der Waals surface area contributed by atoms with E-state index in [0.717, 1.165) is 21.6 Å². The van der Waals surface area contributed by atoms with E-state index in [9.17, 15) is 0 Å². The summed E-state index contributed by atoms with van der Waals surface area (Å²) >= 11 is 33.1. The molecule has 0 aliphatic heterocycles. The predicted molar refractivity (Wildman–Crippen MR) is 93.7 cm³/mol. The third kappa shape index (κ3) is 18.2. The van der Waals surface area contributed by atoms with Gasteiger partial charge >= 0.3 is 0 Å². The molecule has 13 heteroatoms. The van der Waals surface area contributed by atoms with Crippen molar-refractivity contribution in [3.8, 4) is 0 Å². The Morgan fingerprint density at radius 2 is 0.733 bits per heavy atom. The molecule has 0 heterocycles. The molecule has 15 heavy (non-hydrogen) atoms. The smallest absolute Gasteiger partial charge is 0.0709 e. The molecule has 92 valence electrons. The summed E-state index contributed by atoms with van der Waals surface area (Å²) in [5, 5.41) is 0. The number of halogens is 6. The van der Waals surface area contributed by atoms with Crippen molar-refractivity contribution < 1.29 is 0 Å². The number of alkyl halides is 6. The van der Waals surface area contributed by atoms with Crippen molar-refractivity contribution in [2.45, 2.75) is 6.25 Å². The fraction of sp³-hybridized carbons (Fsp3) is 1.00. The topological polar surface area (TPSA) is 0 Å². The van der Waals surface area contributed by atoms with Gasteiger partial charge in [-0.05, 0) is 70.7 Å². The Kier molecular flexibility index (Phi) is 12.8. The molecule has 0 bridgehead atoms. The molecule has 0 aromatic heterocycles. The van der Waals surface area contributed by atoms with Crippen LogP contribution in [0.2, 0.25) is 0 Å². The van der Waals surface area contributed by atoms with Crippen LogP contribution in [0.25, 0.3) is 0 Å². The molecule has 0 atom stereocenters. The van der Waals surface area contributed by atoms with Crippen LogP contribution in [-0.4, -0.2) is 6.25 Å². The zero-order valence-electron chi connectivity index (χ0n) is 6.13. The number of hydrogen-bond donors (Lipinski definition) is 0. The summed E-state index contributed by atoms with van der Waals surface area (Å²) < 4.78 is -2.58. The molecule has 0 aliphatic rings. The van der Waals surface area contributed by atoms with Gasteiger partial charge in [0.05, 0.1) is 0 Å². The molecule has 0 radical (unpaired) electrons. The third-order valence-electron chi connectivity index (χ3n) is 0.368. The van der Waals surface area contributed by atoms with Crippen molar-refractivity contribution in [3.63, 3.8) is 0 Å². The largest absolute Gasteiger partial charge is 0.248 e. The van der Waals surface area contributed by atoms with Gasteiger partial charge in [0.1, 0.15) is 0 Å².